The number of hydrogen-bond donors (Lipinski definition) is 0. The van der Waals surface area contributed by atoms with E-state index in [1.807, 2.05) is 58.1 Å². The maximum atomic E-state index is 14.1. The minimum absolute atomic E-state index is 0.0674. The average molecular weight is 607 g/mol. The molecule has 0 spiro atoms. The molecule has 0 bridgehead atoms. The molecule has 1 aromatic carbocycles. The van der Waals surface area contributed by atoms with Gasteiger partial charge in [0.2, 0.25) is 0 Å². The molecule has 1 unspecified atom stereocenters. The molecule has 7 nitrogen and oxygen atoms in total. The average Bonchev–Trinajstić information content (AvgIpc) is 3.19. The van der Waals surface area contributed by atoms with E-state index in [4.69, 9.17) is 28.1 Å². The molecule has 0 saturated carbocycles. The second kappa shape index (κ2) is 14.2. The number of hydrogen-bond acceptors (Lipinski definition) is 7. The molecule has 236 valence electrons. The number of benzene rings is 1. The summed E-state index contributed by atoms with van der Waals surface area (Å²) in [4.78, 5) is 12.3. The van der Waals surface area contributed by atoms with Crippen LogP contribution in [0.2, 0.25) is 18.1 Å². The van der Waals surface area contributed by atoms with Gasteiger partial charge in [-0.05, 0) is 69.4 Å². The van der Waals surface area contributed by atoms with Crippen molar-refractivity contribution in [1.82, 2.24) is 0 Å². The van der Waals surface area contributed by atoms with Gasteiger partial charge in [0.25, 0.3) is 0 Å². The number of halogens is 3. The molecule has 0 aliphatic carbocycles. The lowest BCUT2D eigenvalue weighted by Crippen LogP contribution is -2.48. The van der Waals surface area contributed by atoms with Crippen LogP contribution in [0.1, 0.15) is 66.4 Å². The third kappa shape index (κ3) is 10.2. The van der Waals surface area contributed by atoms with E-state index < -0.39 is 50.4 Å². The van der Waals surface area contributed by atoms with Gasteiger partial charge in [-0.15, -0.1) is 0 Å². The normalized spacial score (nSPS) is 23.0. The zero-order chi connectivity index (χ0) is 31.2. The van der Waals surface area contributed by atoms with Crippen LogP contribution in [0.4, 0.5) is 13.2 Å². The van der Waals surface area contributed by atoms with Gasteiger partial charge in [0.05, 0.1) is 37.9 Å². The van der Waals surface area contributed by atoms with E-state index in [2.05, 4.69) is 0 Å². The molecule has 2 rings (SSSR count). The second-order valence-corrected chi connectivity index (χ2v) is 18.0. The molecule has 1 heterocycles. The van der Waals surface area contributed by atoms with Gasteiger partial charge in [0, 0.05) is 13.5 Å². The van der Waals surface area contributed by atoms with Crippen molar-refractivity contribution in [2.24, 2.45) is 5.41 Å². The fraction of sp³-hybridized carbons (Fsp3) is 0.767. The summed E-state index contributed by atoms with van der Waals surface area (Å²) < 4.78 is 77.0. The van der Waals surface area contributed by atoms with Crippen molar-refractivity contribution in [3.8, 4) is 5.75 Å². The summed E-state index contributed by atoms with van der Waals surface area (Å²) in [5.74, 6) is 0.368. The SMILES string of the molecule is COc1ccc(CO[C@@H]2[C@@H](OC)[C@@H](CCC(O[Si](C)(C)C(C)(C)C)C(F)(F)F)O[C@H]2CCOC(=O)C(C)(C)C)cc1. The van der Waals surface area contributed by atoms with E-state index >= 15 is 0 Å². The molecular weight excluding hydrogens is 557 g/mol. The largest absolute Gasteiger partial charge is 0.497 e. The zero-order valence-corrected chi connectivity index (χ0v) is 27.2. The number of carbonyl (C=O) groups is 1. The van der Waals surface area contributed by atoms with Crippen LogP contribution < -0.4 is 4.74 Å². The van der Waals surface area contributed by atoms with E-state index in [0.29, 0.717) is 12.2 Å². The first-order chi connectivity index (χ1) is 18.8. The van der Waals surface area contributed by atoms with Crippen LogP contribution >= 0.6 is 0 Å². The van der Waals surface area contributed by atoms with Gasteiger partial charge in [-0.1, -0.05) is 32.9 Å². The maximum absolute atomic E-state index is 14.1. The Hall–Kier alpha value is -1.66. The molecule has 5 atom stereocenters. The lowest BCUT2D eigenvalue weighted by Gasteiger charge is -2.40. The molecule has 1 aliphatic rings. The van der Waals surface area contributed by atoms with Crippen molar-refractivity contribution in [3.63, 3.8) is 0 Å². The molecule has 0 N–H and O–H groups in total. The summed E-state index contributed by atoms with van der Waals surface area (Å²) in [5.41, 5.74) is 0.233. The summed E-state index contributed by atoms with van der Waals surface area (Å²) >= 11 is 0. The molecule has 0 radical (unpaired) electrons. The first-order valence-corrected chi connectivity index (χ1v) is 17.1. The van der Waals surface area contributed by atoms with Crippen LogP contribution in [0.3, 0.4) is 0 Å². The highest BCUT2D eigenvalue weighted by atomic mass is 28.4. The van der Waals surface area contributed by atoms with Gasteiger partial charge in [-0.3, -0.25) is 4.79 Å². The molecule has 0 amide bonds. The highest BCUT2D eigenvalue weighted by Gasteiger charge is 2.50. The summed E-state index contributed by atoms with van der Waals surface area (Å²) in [6.07, 6.45) is -8.69. The number of alkyl halides is 3. The summed E-state index contributed by atoms with van der Waals surface area (Å²) in [7, 11) is 0.404. The van der Waals surface area contributed by atoms with Gasteiger partial charge in [0.1, 0.15) is 24.1 Å². The summed E-state index contributed by atoms with van der Waals surface area (Å²) in [5, 5.41) is -0.370. The van der Waals surface area contributed by atoms with Crippen molar-refractivity contribution < 1.29 is 46.1 Å². The number of methoxy groups -OCH3 is 2. The Morgan fingerprint density at radius 3 is 2.02 bits per heavy atom. The van der Waals surface area contributed by atoms with Crippen LogP contribution in [0.15, 0.2) is 24.3 Å². The van der Waals surface area contributed by atoms with E-state index in [0.717, 1.165) is 5.56 Å². The minimum atomic E-state index is -4.51. The predicted octanol–water partition coefficient (Wildman–Crippen LogP) is 7.08. The number of carbonyl (C=O) groups excluding carboxylic acids is 1. The van der Waals surface area contributed by atoms with Gasteiger partial charge in [0.15, 0.2) is 8.32 Å². The van der Waals surface area contributed by atoms with Crippen molar-refractivity contribution >= 4 is 14.3 Å². The molecule has 1 fully saturated rings. The fourth-order valence-electron chi connectivity index (χ4n) is 4.29. The summed E-state index contributed by atoms with van der Waals surface area (Å²) in [6.45, 7) is 15.0. The second-order valence-electron chi connectivity index (χ2n) is 13.2. The molecular formula is C30H49F3O7Si. The Balaban J connectivity index is 2.19. The number of esters is 1. The van der Waals surface area contributed by atoms with Crippen LogP contribution in [-0.4, -0.2) is 71.8 Å². The van der Waals surface area contributed by atoms with Crippen molar-refractivity contribution in [3.05, 3.63) is 29.8 Å². The Morgan fingerprint density at radius 2 is 1.54 bits per heavy atom. The van der Waals surface area contributed by atoms with E-state index in [-0.39, 0.29) is 37.1 Å². The standard InChI is InChI=1S/C30H49F3O7Si/c1-28(2,3)27(34)37-18-17-23-26(38-19-20-11-13-21(35-7)14-12-20)25(36-8)22(39-23)15-16-24(30(31,32)33)40-41(9,10)29(4,5)6/h11-14,22-26H,15-19H2,1-10H3/t22-,23+,24?,25+,26+/m1/s1. The van der Waals surface area contributed by atoms with Gasteiger partial charge in [-0.2, -0.15) is 13.2 Å². The molecule has 11 heteroatoms. The van der Waals surface area contributed by atoms with Crippen molar-refractivity contribution in [2.45, 2.75) is 122 Å². The summed E-state index contributed by atoms with van der Waals surface area (Å²) in [6, 6.07) is 7.40. The molecule has 1 saturated heterocycles. The van der Waals surface area contributed by atoms with Crippen molar-refractivity contribution in [2.75, 3.05) is 20.8 Å². The Morgan fingerprint density at radius 1 is 0.951 bits per heavy atom. The van der Waals surface area contributed by atoms with Crippen molar-refractivity contribution in [1.29, 1.82) is 0 Å². The Labute approximate surface area is 244 Å². The quantitative estimate of drug-likeness (QED) is 0.176. The monoisotopic (exact) mass is 606 g/mol. The Kier molecular flexibility index (Phi) is 12.3. The Bertz CT molecular complexity index is 955. The fourth-order valence-corrected chi connectivity index (χ4v) is 5.61. The molecule has 41 heavy (non-hydrogen) atoms. The molecule has 1 aliphatic heterocycles. The number of ether oxygens (including phenoxy) is 5. The maximum Gasteiger partial charge on any atom is 0.413 e. The van der Waals surface area contributed by atoms with Gasteiger partial charge >= 0.3 is 12.1 Å². The number of rotatable bonds is 13. The van der Waals surface area contributed by atoms with Crippen LogP contribution in [0.5, 0.6) is 5.75 Å². The van der Waals surface area contributed by atoms with E-state index in [1.165, 1.54) is 7.11 Å². The first-order valence-electron chi connectivity index (χ1n) is 14.1. The highest BCUT2D eigenvalue weighted by molar-refractivity contribution is 6.74. The minimum Gasteiger partial charge on any atom is -0.497 e. The third-order valence-corrected chi connectivity index (χ3v) is 12.3. The van der Waals surface area contributed by atoms with Crippen LogP contribution in [-0.2, 0) is 34.8 Å². The lowest BCUT2D eigenvalue weighted by molar-refractivity contribution is -0.202. The van der Waals surface area contributed by atoms with Crippen LogP contribution in [0.25, 0.3) is 0 Å². The lowest BCUT2D eigenvalue weighted by atomic mass is 9.97. The molecule has 1 aromatic rings. The highest BCUT2D eigenvalue weighted by Crippen LogP contribution is 2.41. The first kappa shape index (κ1) is 35.5. The predicted molar refractivity (Wildman–Crippen MR) is 153 cm³/mol. The van der Waals surface area contributed by atoms with Gasteiger partial charge in [-0.25, -0.2) is 0 Å². The topological polar surface area (TPSA) is 72.5 Å². The third-order valence-electron chi connectivity index (χ3n) is 7.85. The van der Waals surface area contributed by atoms with Gasteiger partial charge < -0.3 is 28.1 Å². The smallest absolute Gasteiger partial charge is 0.413 e. The van der Waals surface area contributed by atoms with Crippen LogP contribution in [0, 0.1) is 5.41 Å². The van der Waals surface area contributed by atoms with E-state index in [9.17, 15) is 18.0 Å². The molecule has 0 aromatic heterocycles. The van der Waals surface area contributed by atoms with E-state index in [1.54, 1.807) is 27.9 Å². The zero-order valence-electron chi connectivity index (χ0n) is 26.2.